The lowest BCUT2D eigenvalue weighted by Crippen LogP contribution is -2.25. The number of nitrogens with zero attached hydrogens (tertiary/aromatic N) is 4. The number of aromatic nitrogens is 3. The monoisotopic (exact) mass is 322 g/mol. The minimum atomic E-state index is -0.397. The fourth-order valence-corrected chi connectivity index (χ4v) is 3.09. The van der Waals surface area contributed by atoms with E-state index < -0.39 is 6.10 Å². The van der Waals surface area contributed by atoms with Gasteiger partial charge in [-0.15, -0.1) is 0 Å². The van der Waals surface area contributed by atoms with Gasteiger partial charge in [-0.05, 0) is 18.6 Å². The van der Waals surface area contributed by atoms with E-state index in [-0.39, 0.29) is 6.04 Å². The van der Waals surface area contributed by atoms with Crippen molar-refractivity contribution in [3.63, 3.8) is 0 Å². The highest BCUT2D eigenvalue weighted by Crippen LogP contribution is 2.33. The zero-order valence-corrected chi connectivity index (χ0v) is 13.1. The van der Waals surface area contributed by atoms with Crippen LogP contribution < -0.4 is 0 Å². The first kappa shape index (κ1) is 15.0. The highest BCUT2D eigenvalue weighted by Gasteiger charge is 2.36. The quantitative estimate of drug-likeness (QED) is 0.795. The van der Waals surface area contributed by atoms with Crippen LogP contribution in [0.1, 0.15) is 24.0 Å². The van der Waals surface area contributed by atoms with Crippen LogP contribution >= 0.6 is 0 Å². The van der Waals surface area contributed by atoms with Gasteiger partial charge in [0.1, 0.15) is 0 Å². The van der Waals surface area contributed by atoms with Crippen molar-refractivity contribution in [3.8, 4) is 11.4 Å². The molecule has 2 aromatic heterocycles. The molecular weight excluding hydrogens is 304 g/mol. The van der Waals surface area contributed by atoms with E-state index in [9.17, 15) is 5.11 Å². The molecule has 0 saturated carbocycles. The molecule has 1 saturated heterocycles. The molecule has 1 fully saturated rings. The highest BCUT2D eigenvalue weighted by atomic mass is 16.5. The van der Waals surface area contributed by atoms with Gasteiger partial charge in [-0.2, -0.15) is 4.98 Å². The van der Waals surface area contributed by atoms with Crippen LogP contribution in [0.2, 0.25) is 0 Å². The molecule has 122 valence electrons. The molecule has 1 aliphatic heterocycles. The summed E-state index contributed by atoms with van der Waals surface area (Å²) in [6.45, 7) is 1.22. The van der Waals surface area contributed by atoms with Gasteiger partial charge in [-0.3, -0.25) is 9.88 Å². The lowest BCUT2D eigenvalue weighted by atomic mass is 10.2. The van der Waals surface area contributed by atoms with Crippen LogP contribution in [0.25, 0.3) is 11.4 Å². The summed E-state index contributed by atoms with van der Waals surface area (Å²) in [6, 6.07) is 15.5. The molecule has 1 aromatic carbocycles. The molecular formula is C18H18N4O2. The Kier molecular flexibility index (Phi) is 4.06. The number of β-amino-alcohol motifs (C(OH)–C–C–N with tert-alkyl or cyclic N) is 1. The van der Waals surface area contributed by atoms with Crippen molar-refractivity contribution >= 4 is 0 Å². The van der Waals surface area contributed by atoms with Crippen LogP contribution in [0.3, 0.4) is 0 Å². The third-order valence-corrected chi connectivity index (χ3v) is 4.23. The highest BCUT2D eigenvalue weighted by molar-refractivity contribution is 5.53. The summed E-state index contributed by atoms with van der Waals surface area (Å²) in [6.07, 6.45) is 1.96. The third-order valence-electron chi connectivity index (χ3n) is 4.23. The first-order valence-corrected chi connectivity index (χ1v) is 8.00. The maximum absolute atomic E-state index is 10.1. The van der Waals surface area contributed by atoms with Gasteiger partial charge in [-0.25, -0.2) is 0 Å². The summed E-state index contributed by atoms with van der Waals surface area (Å²) in [4.78, 5) is 11.0. The molecule has 0 aliphatic carbocycles. The number of aliphatic hydroxyl groups excluding tert-OH is 1. The second-order valence-electron chi connectivity index (χ2n) is 5.98. The normalized spacial score (nSPS) is 21.2. The Morgan fingerprint density at radius 3 is 2.75 bits per heavy atom. The Hall–Kier alpha value is -2.57. The molecule has 6 nitrogen and oxygen atoms in total. The minimum Gasteiger partial charge on any atom is -0.392 e. The second kappa shape index (κ2) is 6.51. The summed E-state index contributed by atoms with van der Waals surface area (Å²) >= 11 is 0. The SMILES string of the molecule is OC1CC(c2nc(-c3ccccc3)no2)N(Cc2ccccn2)C1. The lowest BCUT2D eigenvalue weighted by Gasteiger charge is -2.20. The van der Waals surface area contributed by atoms with Gasteiger partial charge in [0, 0.05) is 24.8 Å². The van der Waals surface area contributed by atoms with Crippen LogP contribution in [0.15, 0.2) is 59.3 Å². The second-order valence-corrected chi connectivity index (χ2v) is 5.98. The maximum atomic E-state index is 10.1. The molecule has 24 heavy (non-hydrogen) atoms. The van der Waals surface area contributed by atoms with Gasteiger partial charge in [0.05, 0.1) is 17.8 Å². The smallest absolute Gasteiger partial charge is 0.244 e. The first-order valence-electron chi connectivity index (χ1n) is 8.00. The van der Waals surface area contributed by atoms with Crippen molar-refractivity contribution in [1.29, 1.82) is 0 Å². The number of aliphatic hydroxyl groups is 1. The number of hydrogen-bond donors (Lipinski definition) is 1. The Bertz CT molecular complexity index is 791. The summed E-state index contributed by atoms with van der Waals surface area (Å²) in [7, 11) is 0. The van der Waals surface area contributed by atoms with Crippen LogP contribution in [0.4, 0.5) is 0 Å². The molecule has 2 unspecified atom stereocenters. The molecule has 0 radical (unpaired) electrons. The maximum Gasteiger partial charge on any atom is 0.244 e. The van der Waals surface area contributed by atoms with Gasteiger partial charge in [0.25, 0.3) is 0 Å². The van der Waals surface area contributed by atoms with Crippen molar-refractivity contribution < 1.29 is 9.63 Å². The Morgan fingerprint density at radius 2 is 1.96 bits per heavy atom. The number of rotatable bonds is 4. The number of likely N-dealkylation sites (tertiary alicyclic amines) is 1. The molecule has 1 N–H and O–H groups in total. The minimum absolute atomic E-state index is 0.0908. The molecule has 3 aromatic rings. The molecule has 0 bridgehead atoms. The van der Waals surface area contributed by atoms with Gasteiger partial charge in [-0.1, -0.05) is 41.6 Å². The van der Waals surface area contributed by atoms with Gasteiger partial charge in [0.15, 0.2) is 0 Å². The molecule has 0 spiro atoms. The third kappa shape index (κ3) is 3.06. The molecule has 0 amide bonds. The van der Waals surface area contributed by atoms with E-state index in [4.69, 9.17) is 4.52 Å². The molecule has 3 heterocycles. The summed E-state index contributed by atoms with van der Waals surface area (Å²) in [5.74, 6) is 1.12. The summed E-state index contributed by atoms with van der Waals surface area (Å²) in [5.41, 5.74) is 1.88. The zero-order chi connectivity index (χ0) is 16.4. The van der Waals surface area contributed by atoms with E-state index in [2.05, 4.69) is 20.0 Å². The Morgan fingerprint density at radius 1 is 1.12 bits per heavy atom. The van der Waals surface area contributed by atoms with Crippen LogP contribution in [0.5, 0.6) is 0 Å². The van der Waals surface area contributed by atoms with E-state index in [1.54, 1.807) is 6.20 Å². The fraction of sp³-hybridized carbons (Fsp3) is 0.278. The predicted molar refractivity (Wildman–Crippen MR) is 87.7 cm³/mol. The first-order chi connectivity index (χ1) is 11.8. The van der Waals surface area contributed by atoms with Crippen molar-refractivity contribution in [3.05, 3.63) is 66.3 Å². The predicted octanol–water partition coefficient (Wildman–Crippen LogP) is 2.44. The van der Waals surface area contributed by atoms with Crippen LogP contribution in [0, 0.1) is 0 Å². The summed E-state index contributed by atoms with van der Waals surface area (Å²) < 4.78 is 5.48. The van der Waals surface area contributed by atoms with Crippen molar-refractivity contribution in [2.45, 2.75) is 25.1 Å². The Labute approximate surface area is 139 Å². The lowest BCUT2D eigenvalue weighted by molar-refractivity contribution is 0.168. The van der Waals surface area contributed by atoms with E-state index >= 15 is 0 Å². The van der Waals surface area contributed by atoms with Crippen LogP contribution in [-0.2, 0) is 6.54 Å². The van der Waals surface area contributed by atoms with Gasteiger partial charge >= 0.3 is 0 Å². The van der Waals surface area contributed by atoms with E-state index in [1.807, 2.05) is 48.5 Å². The topological polar surface area (TPSA) is 75.3 Å². The van der Waals surface area contributed by atoms with Gasteiger partial charge < -0.3 is 9.63 Å². The summed E-state index contributed by atoms with van der Waals surface area (Å²) in [5, 5.41) is 14.2. The number of pyridine rings is 1. The Balaban J connectivity index is 1.57. The molecule has 4 rings (SSSR count). The molecule has 6 heteroatoms. The standard InChI is InChI=1S/C18H18N4O2/c23-15-10-16(22(12-15)11-14-8-4-5-9-19-14)18-20-17(21-24-18)13-6-2-1-3-7-13/h1-9,15-16,23H,10-12H2. The molecule has 1 aliphatic rings. The number of hydrogen-bond acceptors (Lipinski definition) is 6. The number of benzene rings is 1. The van der Waals surface area contributed by atoms with Crippen LogP contribution in [-0.4, -0.2) is 37.8 Å². The van der Waals surface area contributed by atoms with Crippen molar-refractivity contribution in [2.24, 2.45) is 0 Å². The zero-order valence-electron chi connectivity index (χ0n) is 13.1. The average Bonchev–Trinajstić information content (AvgIpc) is 3.23. The van der Waals surface area contributed by atoms with Crippen molar-refractivity contribution in [1.82, 2.24) is 20.0 Å². The van der Waals surface area contributed by atoms with E-state index in [0.29, 0.717) is 31.2 Å². The van der Waals surface area contributed by atoms with Crippen molar-refractivity contribution in [2.75, 3.05) is 6.54 Å². The van der Waals surface area contributed by atoms with Gasteiger partial charge in [0.2, 0.25) is 11.7 Å². The van der Waals surface area contributed by atoms with E-state index in [0.717, 1.165) is 11.3 Å². The fourth-order valence-electron chi connectivity index (χ4n) is 3.09. The van der Waals surface area contributed by atoms with E-state index in [1.165, 1.54) is 0 Å². The molecule has 2 atom stereocenters. The average molecular weight is 322 g/mol. The largest absolute Gasteiger partial charge is 0.392 e.